The van der Waals surface area contributed by atoms with Gasteiger partial charge in [-0.2, -0.15) is 0 Å². The van der Waals surface area contributed by atoms with E-state index in [1.807, 2.05) is 30.3 Å². The van der Waals surface area contributed by atoms with Crippen LogP contribution in [0.5, 0.6) is 11.5 Å². The van der Waals surface area contributed by atoms with Gasteiger partial charge in [0, 0.05) is 11.6 Å². The van der Waals surface area contributed by atoms with Crippen molar-refractivity contribution < 1.29 is 10.2 Å². The maximum Gasteiger partial charge on any atom is 0.141 e. The number of aromatic hydroxyl groups is 2. The highest BCUT2D eigenvalue weighted by atomic mass is 16.3. The van der Waals surface area contributed by atoms with E-state index in [-0.39, 0.29) is 11.5 Å². The lowest BCUT2D eigenvalue weighted by atomic mass is 10.0. The summed E-state index contributed by atoms with van der Waals surface area (Å²) in [4.78, 5) is 4.19. The Morgan fingerprint density at radius 2 is 1.61 bits per heavy atom. The zero-order chi connectivity index (χ0) is 12.5. The van der Waals surface area contributed by atoms with E-state index < -0.39 is 0 Å². The summed E-state index contributed by atoms with van der Waals surface area (Å²) in [5.74, 6) is 0.410. The van der Waals surface area contributed by atoms with Crippen LogP contribution in [-0.2, 0) is 0 Å². The van der Waals surface area contributed by atoms with Crippen LogP contribution in [0, 0.1) is 0 Å². The Labute approximate surface area is 104 Å². The van der Waals surface area contributed by atoms with Crippen LogP contribution in [0.15, 0.2) is 54.7 Å². The van der Waals surface area contributed by atoms with Crippen molar-refractivity contribution >= 4 is 10.9 Å². The molecule has 1 heterocycles. The van der Waals surface area contributed by atoms with Crippen molar-refractivity contribution in [1.29, 1.82) is 0 Å². The molecule has 0 aliphatic heterocycles. The Balaban J connectivity index is 2.30. The molecule has 0 atom stereocenters. The largest absolute Gasteiger partial charge is 0.508 e. The second kappa shape index (κ2) is 4.04. The number of fused-ring (bicyclic) bond motifs is 1. The predicted octanol–water partition coefficient (Wildman–Crippen LogP) is 3.31. The molecule has 1 aromatic heterocycles. The first-order chi connectivity index (χ1) is 8.75. The Kier molecular flexibility index (Phi) is 2.38. The monoisotopic (exact) mass is 237 g/mol. The van der Waals surface area contributed by atoms with Gasteiger partial charge in [-0.15, -0.1) is 0 Å². The van der Waals surface area contributed by atoms with Crippen LogP contribution >= 0.6 is 0 Å². The number of aromatic nitrogens is 1. The van der Waals surface area contributed by atoms with Crippen molar-refractivity contribution in [2.75, 3.05) is 0 Å². The highest BCUT2D eigenvalue weighted by molar-refractivity contribution is 5.97. The SMILES string of the molecule is Oc1ccc(-c2ccc(O)c3ncccc23)cc1. The van der Waals surface area contributed by atoms with E-state index in [0.717, 1.165) is 16.5 Å². The van der Waals surface area contributed by atoms with Gasteiger partial charge in [0.15, 0.2) is 0 Å². The third-order valence-electron chi connectivity index (χ3n) is 2.93. The van der Waals surface area contributed by atoms with Crippen LogP contribution in [-0.4, -0.2) is 15.2 Å². The van der Waals surface area contributed by atoms with Crippen molar-refractivity contribution in [2.45, 2.75) is 0 Å². The lowest BCUT2D eigenvalue weighted by Crippen LogP contribution is -1.84. The van der Waals surface area contributed by atoms with E-state index in [9.17, 15) is 10.2 Å². The van der Waals surface area contributed by atoms with E-state index in [4.69, 9.17) is 0 Å². The molecule has 0 aliphatic carbocycles. The van der Waals surface area contributed by atoms with E-state index in [1.54, 1.807) is 24.4 Å². The number of hydrogen-bond acceptors (Lipinski definition) is 3. The van der Waals surface area contributed by atoms with Crippen LogP contribution in [0.1, 0.15) is 0 Å². The topological polar surface area (TPSA) is 53.4 Å². The quantitative estimate of drug-likeness (QED) is 0.682. The molecule has 2 aromatic carbocycles. The highest BCUT2D eigenvalue weighted by Crippen LogP contribution is 2.32. The minimum Gasteiger partial charge on any atom is -0.508 e. The number of pyridine rings is 1. The number of benzene rings is 2. The van der Waals surface area contributed by atoms with Gasteiger partial charge in [-0.3, -0.25) is 4.98 Å². The second-order valence-corrected chi connectivity index (χ2v) is 4.08. The van der Waals surface area contributed by atoms with E-state index in [0.29, 0.717) is 5.52 Å². The zero-order valence-electron chi connectivity index (χ0n) is 9.54. The van der Waals surface area contributed by atoms with Crippen molar-refractivity contribution in [2.24, 2.45) is 0 Å². The summed E-state index contributed by atoms with van der Waals surface area (Å²) in [6.45, 7) is 0. The molecule has 3 nitrogen and oxygen atoms in total. The molecule has 0 aliphatic rings. The minimum absolute atomic E-state index is 0.174. The molecule has 0 unspecified atom stereocenters. The average Bonchev–Trinajstić information content (AvgIpc) is 2.41. The third-order valence-corrected chi connectivity index (χ3v) is 2.93. The summed E-state index contributed by atoms with van der Waals surface area (Å²) in [6, 6.07) is 14.2. The van der Waals surface area contributed by atoms with Gasteiger partial charge in [-0.25, -0.2) is 0 Å². The van der Waals surface area contributed by atoms with Crippen molar-refractivity contribution in [3.8, 4) is 22.6 Å². The third kappa shape index (κ3) is 1.66. The summed E-state index contributed by atoms with van der Waals surface area (Å²) in [5.41, 5.74) is 2.55. The molecule has 0 bridgehead atoms. The van der Waals surface area contributed by atoms with Gasteiger partial charge in [-0.05, 0) is 41.5 Å². The van der Waals surface area contributed by atoms with Gasteiger partial charge in [0.05, 0.1) is 0 Å². The molecular weight excluding hydrogens is 226 g/mol. The molecule has 2 N–H and O–H groups in total. The Morgan fingerprint density at radius 3 is 2.39 bits per heavy atom. The average molecular weight is 237 g/mol. The van der Waals surface area contributed by atoms with Crippen molar-refractivity contribution in [1.82, 2.24) is 4.98 Å². The van der Waals surface area contributed by atoms with E-state index in [1.165, 1.54) is 0 Å². The lowest BCUT2D eigenvalue weighted by molar-refractivity contribution is 0.475. The van der Waals surface area contributed by atoms with E-state index in [2.05, 4.69) is 4.98 Å². The smallest absolute Gasteiger partial charge is 0.141 e. The molecule has 3 aromatic rings. The molecule has 0 spiro atoms. The summed E-state index contributed by atoms with van der Waals surface area (Å²) >= 11 is 0. The molecule has 3 rings (SSSR count). The normalized spacial score (nSPS) is 10.7. The molecule has 0 amide bonds. The van der Waals surface area contributed by atoms with Gasteiger partial charge < -0.3 is 10.2 Å². The van der Waals surface area contributed by atoms with Gasteiger partial charge >= 0.3 is 0 Å². The van der Waals surface area contributed by atoms with Crippen LogP contribution in [0.3, 0.4) is 0 Å². The van der Waals surface area contributed by atoms with Crippen LogP contribution in [0.2, 0.25) is 0 Å². The first-order valence-electron chi connectivity index (χ1n) is 5.62. The van der Waals surface area contributed by atoms with Gasteiger partial charge in [0.25, 0.3) is 0 Å². The van der Waals surface area contributed by atoms with Gasteiger partial charge in [-0.1, -0.05) is 18.2 Å². The van der Waals surface area contributed by atoms with Crippen LogP contribution in [0.25, 0.3) is 22.0 Å². The van der Waals surface area contributed by atoms with E-state index >= 15 is 0 Å². The fourth-order valence-electron chi connectivity index (χ4n) is 2.05. The number of phenolic OH excluding ortho intramolecular Hbond substituents is 2. The molecule has 0 fully saturated rings. The zero-order valence-corrected chi connectivity index (χ0v) is 9.54. The summed E-state index contributed by atoms with van der Waals surface area (Å²) < 4.78 is 0. The molecule has 3 heteroatoms. The fourth-order valence-corrected chi connectivity index (χ4v) is 2.05. The maximum absolute atomic E-state index is 9.78. The minimum atomic E-state index is 0.174. The van der Waals surface area contributed by atoms with Gasteiger partial charge in [0.1, 0.15) is 17.0 Å². The summed E-state index contributed by atoms with van der Waals surface area (Å²) in [5, 5.41) is 20.0. The second-order valence-electron chi connectivity index (χ2n) is 4.08. The predicted molar refractivity (Wildman–Crippen MR) is 70.5 cm³/mol. The molecule has 88 valence electrons. The molecule has 0 saturated heterocycles. The Bertz CT molecular complexity index is 705. The van der Waals surface area contributed by atoms with Gasteiger partial charge in [0.2, 0.25) is 0 Å². The number of hydrogen-bond donors (Lipinski definition) is 2. The molecule has 0 saturated carbocycles. The standard InChI is InChI=1S/C15H11NO2/c17-11-5-3-10(4-6-11)12-7-8-14(18)15-13(12)2-1-9-16-15/h1-9,17-18H. The Hall–Kier alpha value is -2.55. The van der Waals surface area contributed by atoms with Crippen LogP contribution in [0.4, 0.5) is 0 Å². The first-order valence-corrected chi connectivity index (χ1v) is 5.62. The Morgan fingerprint density at radius 1 is 0.833 bits per heavy atom. The molecular formula is C15H11NO2. The summed E-state index contributed by atoms with van der Waals surface area (Å²) in [6.07, 6.45) is 1.66. The first kappa shape index (κ1) is 10.6. The summed E-state index contributed by atoms with van der Waals surface area (Å²) in [7, 11) is 0. The fraction of sp³-hybridized carbons (Fsp3) is 0. The van der Waals surface area contributed by atoms with Crippen LogP contribution < -0.4 is 0 Å². The van der Waals surface area contributed by atoms with Crippen molar-refractivity contribution in [3.05, 3.63) is 54.7 Å². The lowest BCUT2D eigenvalue weighted by Gasteiger charge is -2.07. The van der Waals surface area contributed by atoms with Crippen molar-refractivity contribution in [3.63, 3.8) is 0 Å². The maximum atomic E-state index is 9.78. The number of phenols is 2. The molecule has 0 radical (unpaired) electrons. The number of rotatable bonds is 1. The number of nitrogens with zero attached hydrogens (tertiary/aromatic N) is 1. The molecule has 18 heavy (non-hydrogen) atoms. The highest BCUT2D eigenvalue weighted by Gasteiger charge is 2.07.